The third-order valence-electron chi connectivity index (χ3n) is 3.48. The lowest BCUT2D eigenvalue weighted by molar-refractivity contribution is 0.568. The van der Waals surface area contributed by atoms with Gasteiger partial charge in [0.15, 0.2) is 0 Å². The molecule has 0 radical (unpaired) electrons. The van der Waals surface area contributed by atoms with Crippen LogP contribution in [0.3, 0.4) is 0 Å². The second-order valence-electron chi connectivity index (χ2n) is 4.74. The van der Waals surface area contributed by atoms with Crippen LogP contribution in [0.25, 0.3) is 0 Å². The quantitative estimate of drug-likeness (QED) is 0.745. The van der Waals surface area contributed by atoms with Crippen LogP contribution in [0.4, 0.5) is 0 Å². The van der Waals surface area contributed by atoms with Gasteiger partial charge >= 0.3 is 0 Å². The Balaban J connectivity index is 1.90. The standard InChI is InChI=1S/C13H20N2/c1-3-7-14-10-11-9-13(11,2)12-6-4-5-8-15-12/h4-6,8,11,14H,3,7,9-10H2,1-2H3. The van der Waals surface area contributed by atoms with Crippen molar-refractivity contribution in [2.24, 2.45) is 5.92 Å². The second kappa shape index (κ2) is 4.31. The number of aromatic nitrogens is 1. The van der Waals surface area contributed by atoms with Crippen molar-refractivity contribution >= 4 is 0 Å². The molecule has 1 fully saturated rings. The van der Waals surface area contributed by atoms with Crippen LogP contribution in [0, 0.1) is 5.92 Å². The molecule has 1 aromatic rings. The Hall–Kier alpha value is -0.890. The van der Waals surface area contributed by atoms with Crippen molar-refractivity contribution in [3.63, 3.8) is 0 Å². The van der Waals surface area contributed by atoms with E-state index in [0.717, 1.165) is 19.0 Å². The van der Waals surface area contributed by atoms with Crippen LogP contribution in [0.15, 0.2) is 24.4 Å². The molecule has 0 spiro atoms. The fourth-order valence-corrected chi connectivity index (χ4v) is 2.22. The molecule has 2 nitrogen and oxygen atoms in total. The fraction of sp³-hybridized carbons (Fsp3) is 0.615. The molecule has 1 heterocycles. The molecule has 82 valence electrons. The van der Waals surface area contributed by atoms with Gasteiger partial charge in [0.05, 0.1) is 0 Å². The van der Waals surface area contributed by atoms with Gasteiger partial charge < -0.3 is 5.32 Å². The summed E-state index contributed by atoms with van der Waals surface area (Å²) in [6, 6.07) is 6.22. The Morgan fingerprint density at radius 1 is 1.53 bits per heavy atom. The van der Waals surface area contributed by atoms with Gasteiger partial charge in [-0.1, -0.05) is 19.9 Å². The molecule has 0 bridgehead atoms. The highest BCUT2D eigenvalue weighted by Crippen LogP contribution is 2.52. The molecule has 15 heavy (non-hydrogen) atoms. The first-order valence-electron chi connectivity index (χ1n) is 5.89. The van der Waals surface area contributed by atoms with Crippen LogP contribution in [0.5, 0.6) is 0 Å². The van der Waals surface area contributed by atoms with Crippen LogP contribution in [0.2, 0.25) is 0 Å². The van der Waals surface area contributed by atoms with Gasteiger partial charge in [0.2, 0.25) is 0 Å². The Morgan fingerprint density at radius 2 is 2.40 bits per heavy atom. The van der Waals surface area contributed by atoms with Gasteiger partial charge in [0.1, 0.15) is 0 Å². The molecule has 2 unspecified atom stereocenters. The average Bonchev–Trinajstić information content (AvgIpc) is 2.93. The molecule has 0 amide bonds. The number of hydrogen-bond donors (Lipinski definition) is 1. The zero-order valence-electron chi connectivity index (χ0n) is 9.66. The minimum atomic E-state index is 0.335. The number of rotatable bonds is 5. The lowest BCUT2D eigenvalue weighted by atomic mass is 10.0. The van der Waals surface area contributed by atoms with E-state index in [4.69, 9.17) is 0 Å². The van der Waals surface area contributed by atoms with Gasteiger partial charge in [-0.05, 0) is 44.0 Å². The number of nitrogens with one attached hydrogen (secondary N) is 1. The maximum Gasteiger partial charge on any atom is 0.0465 e. The Kier molecular flexibility index (Phi) is 3.06. The van der Waals surface area contributed by atoms with E-state index in [1.807, 2.05) is 12.3 Å². The van der Waals surface area contributed by atoms with E-state index >= 15 is 0 Å². The van der Waals surface area contributed by atoms with E-state index in [-0.39, 0.29) is 0 Å². The summed E-state index contributed by atoms with van der Waals surface area (Å²) in [7, 11) is 0. The molecular weight excluding hydrogens is 184 g/mol. The van der Waals surface area contributed by atoms with Gasteiger partial charge in [0, 0.05) is 17.3 Å². The van der Waals surface area contributed by atoms with E-state index in [1.54, 1.807) is 0 Å². The Morgan fingerprint density at radius 3 is 3.07 bits per heavy atom. The molecule has 1 aromatic heterocycles. The highest BCUT2D eigenvalue weighted by atomic mass is 14.9. The molecule has 2 rings (SSSR count). The minimum Gasteiger partial charge on any atom is -0.316 e. The maximum atomic E-state index is 4.46. The van der Waals surface area contributed by atoms with Gasteiger partial charge in [-0.3, -0.25) is 4.98 Å². The monoisotopic (exact) mass is 204 g/mol. The summed E-state index contributed by atoms with van der Waals surface area (Å²) in [4.78, 5) is 4.46. The zero-order valence-corrected chi connectivity index (χ0v) is 9.66. The lowest BCUT2D eigenvalue weighted by Crippen LogP contribution is -2.21. The minimum absolute atomic E-state index is 0.335. The Bertz CT molecular complexity index is 310. The summed E-state index contributed by atoms with van der Waals surface area (Å²) in [5.41, 5.74) is 1.59. The summed E-state index contributed by atoms with van der Waals surface area (Å²) in [6.45, 7) is 6.81. The third kappa shape index (κ3) is 2.20. The summed E-state index contributed by atoms with van der Waals surface area (Å²) < 4.78 is 0. The normalized spacial score (nSPS) is 29.1. The van der Waals surface area contributed by atoms with Crippen molar-refractivity contribution in [2.45, 2.75) is 32.1 Å². The molecule has 1 aliphatic rings. The topological polar surface area (TPSA) is 24.9 Å². The summed E-state index contributed by atoms with van der Waals surface area (Å²) in [5, 5.41) is 3.49. The molecule has 1 aliphatic carbocycles. The number of nitrogens with zero attached hydrogens (tertiary/aromatic N) is 1. The smallest absolute Gasteiger partial charge is 0.0465 e. The fourth-order valence-electron chi connectivity index (χ4n) is 2.22. The van der Waals surface area contributed by atoms with Crippen molar-refractivity contribution in [3.05, 3.63) is 30.1 Å². The predicted octanol–water partition coefficient (Wildman–Crippen LogP) is 2.36. The maximum absolute atomic E-state index is 4.46. The predicted molar refractivity (Wildman–Crippen MR) is 62.9 cm³/mol. The summed E-state index contributed by atoms with van der Waals surface area (Å²) >= 11 is 0. The van der Waals surface area contributed by atoms with Gasteiger partial charge in [-0.25, -0.2) is 0 Å². The molecule has 0 saturated heterocycles. The molecule has 0 aliphatic heterocycles. The summed E-state index contributed by atoms with van der Waals surface area (Å²) in [5.74, 6) is 0.777. The van der Waals surface area contributed by atoms with Crippen LogP contribution in [-0.4, -0.2) is 18.1 Å². The van der Waals surface area contributed by atoms with Crippen molar-refractivity contribution in [3.8, 4) is 0 Å². The lowest BCUT2D eigenvalue weighted by Gasteiger charge is -2.10. The van der Waals surface area contributed by atoms with E-state index in [0.29, 0.717) is 5.41 Å². The van der Waals surface area contributed by atoms with Crippen LogP contribution in [-0.2, 0) is 5.41 Å². The largest absolute Gasteiger partial charge is 0.316 e. The third-order valence-corrected chi connectivity index (χ3v) is 3.48. The van der Waals surface area contributed by atoms with Crippen LogP contribution >= 0.6 is 0 Å². The van der Waals surface area contributed by atoms with Crippen molar-refractivity contribution in [2.75, 3.05) is 13.1 Å². The molecule has 1 saturated carbocycles. The first-order valence-corrected chi connectivity index (χ1v) is 5.89. The van der Waals surface area contributed by atoms with Gasteiger partial charge in [-0.2, -0.15) is 0 Å². The van der Waals surface area contributed by atoms with E-state index in [9.17, 15) is 0 Å². The molecule has 0 aromatic carbocycles. The highest BCUT2D eigenvalue weighted by Gasteiger charge is 2.51. The van der Waals surface area contributed by atoms with E-state index in [2.05, 4.69) is 36.3 Å². The summed E-state index contributed by atoms with van der Waals surface area (Å²) in [6.07, 6.45) is 4.39. The SMILES string of the molecule is CCCNCC1CC1(C)c1ccccn1. The van der Waals surface area contributed by atoms with Crippen molar-refractivity contribution < 1.29 is 0 Å². The van der Waals surface area contributed by atoms with Crippen LogP contribution < -0.4 is 5.32 Å². The van der Waals surface area contributed by atoms with E-state index in [1.165, 1.54) is 18.5 Å². The van der Waals surface area contributed by atoms with Gasteiger partial charge in [0.25, 0.3) is 0 Å². The molecule has 2 heteroatoms. The molecule has 1 N–H and O–H groups in total. The van der Waals surface area contributed by atoms with Crippen molar-refractivity contribution in [1.82, 2.24) is 10.3 Å². The van der Waals surface area contributed by atoms with Crippen LogP contribution in [0.1, 0.15) is 32.4 Å². The zero-order chi connectivity index (χ0) is 10.7. The molecular formula is C13H20N2. The number of hydrogen-bond acceptors (Lipinski definition) is 2. The number of pyridine rings is 1. The van der Waals surface area contributed by atoms with Gasteiger partial charge in [-0.15, -0.1) is 0 Å². The first-order chi connectivity index (χ1) is 7.27. The first kappa shape index (κ1) is 10.6. The average molecular weight is 204 g/mol. The second-order valence-corrected chi connectivity index (χ2v) is 4.74. The molecule has 2 atom stereocenters. The van der Waals surface area contributed by atoms with Crippen molar-refractivity contribution in [1.29, 1.82) is 0 Å². The highest BCUT2D eigenvalue weighted by molar-refractivity contribution is 5.26. The van der Waals surface area contributed by atoms with E-state index < -0.39 is 0 Å². The Labute approximate surface area is 92.1 Å².